The van der Waals surface area contributed by atoms with E-state index in [9.17, 15) is 9.59 Å². The third kappa shape index (κ3) is 3.81. The number of ether oxygens (including phenoxy) is 3. The van der Waals surface area contributed by atoms with Crippen LogP contribution < -0.4 is 0 Å². The molecule has 0 aromatic rings. The fraction of sp³-hybridized carbons (Fsp3) is 0.818. The molecule has 16 heavy (non-hydrogen) atoms. The summed E-state index contributed by atoms with van der Waals surface area (Å²) in [4.78, 5) is 22.4. The Labute approximate surface area is 95.0 Å². The molecule has 0 spiro atoms. The molecule has 0 saturated carbocycles. The average Bonchev–Trinajstić information content (AvgIpc) is 2.81. The predicted octanol–water partition coefficient (Wildman–Crippen LogP) is 1.40. The standard InChI is InChI=1S/C11H18O5/c1-3-9(12)15-11(16-10(13)4-2)8-6-5-7-14-8/h8,11H,3-7H2,1-2H3. The first-order chi connectivity index (χ1) is 7.67. The summed E-state index contributed by atoms with van der Waals surface area (Å²) in [5, 5.41) is 0. The van der Waals surface area contributed by atoms with Gasteiger partial charge in [0.25, 0.3) is 6.29 Å². The van der Waals surface area contributed by atoms with Crippen LogP contribution >= 0.6 is 0 Å². The van der Waals surface area contributed by atoms with Gasteiger partial charge in [0.05, 0.1) is 0 Å². The van der Waals surface area contributed by atoms with Gasteiger partial charge < -0.3 is 14.2 Å². The molecule has 0 aromatic heterocycles. The summed E-state index contributed by atoms with van der Waals surface area (Å²) in [6.45, 7) is 4.00. The van der Waals surface area contributed by atoms with Crippen LogP contribution in [0.3, 0.4) is 0 Å². The Morgan fingerprint density at radius 3 is 2.19 bits per heavy atom. The van der Waals surface area contributed by atoms with E-state index in [1.54, 1.807) is 13.8 Å². The van der Waals surface area contributed by atoms with Crippen molar-refractivity contribution >= 4 is 11.9 Å². The van der Waals surface area contributed by atoms with Gasteiger partial charge in [0.15, 0.2) is 0 Å². The number of esters is 2. The van der Waals surface area contributed by atoms with Gasteiger partial charge in [0, 0.05) is 19.4 Å². The second-order valence-corrected chi connectivity index (χ2v) is 3.61. The highest BCUT2D eigenvalue weighted by Gasteiger charge is 2.31. The minimum Gasteiger partial charge on any atom is -0.422 e. The maximum atomic E-state index is 11.2. The largest absolute Gasteiger partial charge is 0.422 e. The third-order valence-electron chi connectivity index (χ3n) is 2.34. The topological polar surface area (TPSA) is 61.8 Å². The van der Waals surface area contributed by atoms with Crippen molar-refractivity contribution in [2.75, 3.05) is 6.61 Å². The summed E-state index contributed by atoms with van der Waals surface area (Å²) in [5.74, 6) is -0.770. The Bertz CT molecular complexity index is 227. The molecule has 0 aliphatic carbocycles. The van der Waals surface area contributed by atoms with E-state index in [0.717, 1.165) is 12.8 Å². The number of carbonyl (C=O) groups excluding carboxylic acids is 2. The monoisotopic (exact) mass is 230 g/mol. The van der Waals surface area contributed by atoms with Crippen LogP contribution in [0.15, 0.2) is 0 Å². The normalized spacial score (nSPS) is 19.8. The highest BCUT2D eigenvalue weighted by molar-refractivity contribution is 5.71. The molecule has 1 rings (SSSR count). The fourth-order valence-electron chi connectivity index (χ4n) is 1.42. The molecule has 0 aromatic carbocycles. The number of rotatable bonds is 5. The summed E-state index contributed by atoms with van der Waals surface area (Å²) >= 11 is 0. The quantitative estimate of drug-likeness (QED) is 0.527. The highest BCUT2D eigenvalue weighted by Crippen LogP contribution is 2.19. The van der Waals surface area contributed by atoms with Crippen molar-refractivity contribution < 1.29 is 23.8 Å². The zero-order valence-corrected chi connectivity index (χ0v) is 9.73. The van der Waals surface area contributed by atoms with E-state index < -0.39 is 6.29 Å². The third-order valence-corrected chi connectivity index (χ3v) is 2.34. The Kier molecular flexibility index (Phi) is 5.25. The van der Waals surface area contributed by atoms with E-state index in [0.29, 0.717) is 6.61 Å². The van der Waals surface area contributed by atoms with Crippen molar-refractivity contribution in [3.05, 3.63) is 0 Å². The molecule has 92 valence electrons. The molecule has 1 heterocycles. The lowest BCUT2D eigenvalue weighted by atomic mass is 10.2. The van der Waals surface area contributed by atoms with Gasteiger partial charge >= 0.3 is 11.9 Å². The Hall–Kier alpha value is -1.10. The van der Waals surface area contributed by atoms with Gasteiger partial charge in [-0.2, -0.15) is 0 Å². The van der Waals surface area contributed by atoms with Crippen molar-refractivity contribution in [2.45, 2.75) is 51.9 Å². The second-order valence-electron chi connectivity index (χ2n) is 3.61. The lowest BCUT2D eigenvalue weighted by Gasteiger charge is -2.22. The van der Waals surface area contributed by atoms with Gasteiger partial charge in [-0.05, 0) is 12.8 Å². The van der Waals surface area contributed by atoms with Crippen LogP contribution in [-0.4, -0.2) is 30.9 Å². The lowest BCUT2D eigenvalue weighted by Crippen LogP contribution is -2.35. The molecular weight excluding hydrogens is 212 g/mol. The Morgan fingerprint density at radius 2 is 1.81 bits per heavy atom. The number of hydrogen-bond donors (Lipinski definition) is 0. The highest BCUT2D eigenvalue weighted by atomic mass is 16.7. The summed E-state index contributed by atoms with van der Waals surface area (Å²) in [7, 11) is 0. The van der Waals surface area contributed by atoms with Gasteiger partial charge in [-0.3, -0.25) is 9.59 Å². The number of carbonyl (C=O) groups is 2. The molecule has 0 amide bonds. The summed E-state index contributed by atoms with van der Waals surface area (Å²) in [6, 6.07) is 0. The Morgan fingerprint density at radius 1 is 1.25 bits per heavy atom. The minimum absolute atomic E-state index is 0.257. The van der Waals surface area contributed by atoms with Crippen LogP contribution in [0.1, 0.15) is 39.5 Å². The van der Waals surface area contributed by atoms with Crippen LogP contribution in [0.5, 0.6) is 0 Å². The van der Waals surface area contributed by atoms with Gasteiger partial charge in [-0.1, -0.05) is 13.8 Å². The van der Waals surface area contributed by atoms with Crippen LogP contribution in [-0.2, 0) is 23.8 Å². The van der Waals surface area contributed by atoms with E-state index in [2.05, 4.69) is 0 Å². The molecule has 1 aliphatic rings. The molecule has 0 radical (unpaired) electrons. The predicted molar refractivity (Wildman–Crippen MR) is 55.5 cm³/mol. The molecular formula is C11H18O5. The molecule has 1 unspecified atom stereocenters. The fourth-order valence-corrected chi connectivity index (χ4v) is 1.42. The van der Waals surface area contributed by atoms with Crippen LogP contribution in [0.25, 0.3) is 0 Å². The minimum atomic E-state index is -0.887. The summed E-state index contributed by atoms with van der Waals surface area (Å²) < 4.78 is 15.4. The summed E-state index contributed by atoms with van der Waals surface area (Å²) in [5.41, 5.74) is 0. The van der Waals surface area contributed by atoms with E-state index in [4.69, 9.17) is 14.2 Å². The molecule has 1 atom stereocenters. The molecule has 0 bridgehead atoms. The Balaban J connectivity index is 2.53. The maximum Gasteiger partial charge on any atom is 0.308 e. The van der Waals surface area contributed by atoms with Crippen LogP contribution in [0, 0.1) is 0 Å². The van der Waals surface area contributed by atoms with E-state index in [-0.39, 0.29) is 30.9 Å². The molecule has 5 heteroatoms. The summed E-state index contributed by atoms with van der Waals surface area (Å²) in [6.07, 6.45) is 0.959. The SMILES string of the molecule is CCC(=O)OC(OC(=O)CC)C1CCCO1. The first kappa shape index (κ1) is 13.0. The maximum absolute atomic E-state index is 11.2. The van der Waals surface area contributed by atoms with Crippen molar-refractivity contribution in [3.63, 3.8) is 0 Å². The lowest BCUT2D eigenvalue weighted by molar-refractivity contribution is -0.207. The molecule has 1 aliphatic heterocycles. The molecule has 1 fully saturated rings. The first-order valence-electron chi connectivity index (χ1n) is 5.68. The van der Waals surface area contributed by atoms with Crippen molar-refractivity contribution in [1.82, 2.24) is 0 Å². The first-order valence-corrected chi connectivity index (χ1v) is 5.68. The van der Waals surface area contributed by atoms with Gasteiger partial charge in [0.2, 0.25) is 0 Å². The second kappa shape index (κ2) is 6.48. The molecule has 1 saturated heterocycles. The zero-order chi connectivity index (χ0) is 12.0. The van der Waals surface area contributed by atoms with E-state index in [1.165, 1.54) is 0 Å². The van der Waals surface area contributed by atoms with E-state index >= 15 is 0 Å². The average molecular weight is 230 g/mol. The number of hydrogen-bond acceptors (Lipinski definition) is 5. The van der Waals surface area contributed by atoms with E-state index in [1.807, 2.05) is 0 Å². The molecule has 0 N–H and O–H groups in total. The van der Waals surface area contributed by atoms with Crippen molar-refractivity contribution in [1.29, 1.82) is 0 Å². The van der Waals surface area contributed by atoms with Crippen LogP contribution in [0.2, 0.25) is 0 Å². The van der Waals surface area contributed by atoms with Gasteiger partial charge in [-0.25, -0.2) is 0 Å². The zero-order valence-electron chi connectivity index (χ0n) is 9.73. The van der Waals surface area contributed by atoms with Gasteiger partial charge in [-0.15, -0.1) is 0 Å². The van der Waals surface area contributed by atoms with Gasteiger partial charge in [0.1, 0.15) is 6.10 Å². The molecule has 5 nitrogen and oxygen atoms in total. The van der Waals surface area contributed by atoms with Crippen molar-refractivity contribution in [2.24, 2.45) is 0 Å². The van der Waals surface area contributed by atoms with Crippen molar-refractivity contribution in [3.8, 4) is 0 Å². The van der Waals surface area contributed by atoms with Crippen LogP contribution in [0.4, 0.5) is 0 Å². The smallest absolute Gasteiger partial charge is 0.308 e.